The summed E-state index contributed by atoms with van der Waals surface area (Å²) >= 11 is 0. The van der Waals surface area contributed by atoms with E-state index in [1.165, 1.54) is 0 Å². The Morgan fingerprint density at radius 1 is 1.07 bits per heavy atom. The summed E-state index contributed by atoms with van der Waals surface area (Å²) in [5.41, 5.74) is 9.87. The fourth-order valence-electron chi connectivity index (χ4n) is 0.988. The summed E-state index contributed by atoms with van der Waals surface area (Å²) in [5, 5.41) is 0. The third-order valence-electron chi connectivity index (χ3n) is 1.78. The molecule has 0 aliphatic rings. The summed E-state index contributed by atoms with van der Waals surface area (Å²) in [5.74, 6) is -6.70. The normalized spacial score (nSPS) is 13.0. The number of benzene rings is 1. The molecule has 0 fully saturated rings. The van der Waals surface area contributed by atoms with Gasteiger partial charge in [-0.1, -0.05) is 0 Å². The topological polar surface area (TPSA) is 52.0 Å². The summed E-state index contributed by atoms with van der Waals surface area (Å²) in [4.78, 5) is 0. The smallest absolute Gasteiger partial charge is 0.197 e. The standard InChI is InChI=1S/C8H8F4N2/c9-4-1-3(5(14)2-13)6(10)8(12)7(4)11/h1,5H,2,13-14H2/t5-/m0/s1. The highest BCUT2D eigenvalue weighted by Gasteiger charge is 2.21. The van der Waals surface area contributed by atoms with Crippen LogP contribution in [-0.4, -0.2) is 6.54 Å². The van der Waals surface area contributed by atoms with Gasteiger partial charge in [0.2, 0.25) is 0 Å². The number of hydrogen-bond acceptors (Lipinski definition) is 2. The molecule has 0 heterocycles. The van der Waals surface area contributed by atoms with Gasteiger partial charge in [-0.2, -0.15) is 0 Å². The van der Waals surface area contributed by atoms with E-state index in [9.17, 15) is 17.6 Å². The van der Waals surface area contributed by atoms with Crippen LogP contribution in [0.2, 0.25) is 0 Å². The van der Waals surface area contributed by atoms with E-state index in [2.05, 4.69) is 0 Å². The Morgan fingerprint density at radius 2 is 1.64 bits per heavy atom. The average Bonchev–Trinajstić information content (AvgIpc) is 2.19. The van der Waals surface area contributed by atoms with Crippen LogP contribution in [0.15, 0.2) is 6.07 Å². The molecule has 0 aliphatic carbocycles. The molecular weight excluding hydrogens is 200 g/mol. The molecule has 4 N–H and O–H groups in total. The molecule has 6 heteroatoms. The Labute approximate surface area is 77.5 Å². The number of nitrogens with two attached hydrogens (primary N) is 2. The lowest BCUT2D eigenvalue weighted by Crippen LogP contribution is -2.23. The van der Waals surface area contributed by atoms with Gasteiger partial charge >= 0.3 is 0 Å². The summed E-state index contributed by atoms with van der Waals surface area (Å²) in [7, 11) is 0. The van der Waals surface area contributed by atoms with Crippen molar-refractivity contribution in [2.75, 3.05) is 6.54 Å². The third kappa shape index (κ3) is 1.71. The lowest BCUT2D eigenvalue weighted by molar-refractivity contribution is 0.400. The largest absolute Gasteiger partial charge is 0.329 e. The Bertz CT molecular complexity index is 354. The van der Waals surface area contributed by atoms with Gasteiger partial charge in [-0.3, -0.25) is 0 Å². The minimum absolute atomic E-state index is 0.193. The van der Waals surface area contributed by atoms with E-state index in [0.717, 1.165) is 0 Å². The quantitative estimate of drug-likeness (QED) is 0.436. The Kier molecular flexibility index (Phi) is 3.07. The maximum atomic E-state index is 13.0. The molecule has 0 saturated carbocycles. The molecule has 1 atom stereocenters. The summed E-state index contributed by atoms with van der Waals surface area (Å²) in [6.45, 7) is -0.193. The summed E-state index contributed by atoms with van der Waals surface area (Å²) in [6, 6.07) is -0.551. The van der Waals surface area contributed by atoms with Crippen molar-refractivity contribution in [1.29, 1.82) is 0 Å². The van der Waals surface area contributed by atoms with Gasteiger partial charge in [0, 0.05) is 18.2 Å². The van der Waals surface area contributed by atoms with Gasteiger partial charge in [-0.25, -0.2) is 17.6 Å². The van der Waals surface area contributed by atoms with Gasteiger partial charge in [0.1, 0.15) is 0 Å². The molecule has 78 valence electrons. The van der Waals surface area contributed by atoms with Crippen molar-refractivity contribution in [3.63, 3.8) is 0 Å². The Hall–Kier alpha value is -1.14. The molecule has 0 radical (unpaired) electrons. The zero-order chi connectivity index (χ0) is 10.9. The summed E-state index contributed by atoms with van der Waals surface area (Å²) < 4.78 is 50.7. The van der Waals surface area contributed by atoms with E-state index in [1.807, 2.05) is 0 Å². The molecule has 0 aliphatic heterocycles. The molecule has 1 aromatic carbocycles. The van der Waals surface area contributed by atoms with Crippen molar-refractivity contribution in [2.45, 2.75) is 6.04 Å². The predicted molar refractivity (Wildman–Crippen MR) is 42.3 cm³/mol. The average molecular weight is 208 g/mol. The zero-order valence-electron chi connectivity index (χ0n) is 7.03. The lowest BCUT2D eigenvalue weighted by atomic mass is 10.1. The van der Waals surface area contributed by atoms with Gasteiger partial charge in [-0.05, 0) is 6.07 Å². The van der Waals surface area contributed by atoms with Crippen LogP contribution in [0.5, 0.6) is 0 Å². The molecule has 0 saturated heterocycles. The first kappa shape index (κ1) is 10.9. The molecule has 1 aromatic rings. The van der Waals surface area contributed by atoms with E-state index in [1.54, 1.807) is 0 Å². The van der Waals surface area contributed by atoms with Crippen LogP contribution in [-0.2, 0) is 0 Å². The maximum Gasteiger partial charge on any atom is 0.197 e. The van der Waals surface area contributed by atoms with Crippen molar-refractivity contribution >= 4 is 0 Å². The van der Waals surface area contributed by atoms with Crippen LogP contribution in [0.4, 0.5) is 17.6 Å². The molecule has 0 spiro atoms. The lowest BCUT2D eigenvalue weighted by Gasteiger charge is -2.11. The van der Waals surface area contributed by atoms with Crippen molar-refractivity contribution in [3.8, 4) is 0 Å². The van der Waals surface area contributed by atoms with Gasteiger partial charge in [-0.15, -0.1) is 0 Å². The van der Waals surface area contributed by atoms with Crippen molar-refractivity contribution < 1.29 is 17.6 Å². The molecule has 0 bridgehead atoms. The minimum atomic E-state index is -1.87. The molecule has 0 amide bonds. The van der Waals surface area contributed by atoms with Crippen LogP contribution >= 0.6 is 0 Å². The van der Waals surface area contributed by atoms with E-state index >= 15 is 0 Å². The predicted octanol–water partition coefficient (Wildman–Crippen LogP) is 1.20. The highest BCUT2D eigenvalue weighted by atomic mass is 19.2. The Balaban J connectivity index is 3.33. The second-order valence-corrected chi connectivity index (χ2v) is 2.73. The monoisotopic (exact) mass is 208 g/mol. The van der Waals surface area contributed by atoms with Crippen LogP contribution in [0, 0.1) is 23.3 Å². The van der Waals surface area contributed by atoms with E-state index in [0.29, 0.717) is 6.07 Å². The van der Waals surface area contributed by atoms with E-state index < -0.39 is 34.9 Å². The van der Waals surface area contributed by atoms with E-state index in [4.69, 9.17) is 11.5 Å². The van der Waals surface area contributed by atoms with E-state index in [-0.39, 0.29) is 6.54 Å². The Morgan fingerprint density at radius 3 is 2.14 bits per heavy atom. The fraction of sp³-hybridized carbons (Fsp3) is 0.250. The first-order valence-electron chi connectivity index (χ1n) is 3.77. The number of rotatable bonds is 2. The van der Waals surface area contributed by atoms with Crippen LogP contribution in [0.1, 0.15) is 11.6 Å². The molecule has 2 nitrogen and oxygen atoms in total. The van der Waals surface area contributed by atoms with Crippen LogP contribution < -0.4 is 11.5 Å². The maximum absolute atomic E-state index is 13.0. The first-order chi connectivity index (χ1) is 6.49. The number of hydrogen-bond donors (Lipinski definition) is 2. The van der Waals surface area contributed by atoms with Crippen molar-refractivity contribution in [1.82, 2.24) is 0 Å². The minimum Gasteiger partial charge on any atom is -0.329 e. The fourth-order valence-corrected chi connectivity index (χ4v) is 0.988. The van der Waals surface area contributed by atoms with Crippen molar-refractivity contribution in [3.05, 3.63) is 34.9 Å². The summed E-state index contributed by atoms with van der Waals surface area (Å²) in [6.07, 6.45) is 0. The SMILES string of the molecule is NC[C@H](N)c1cc(F)c(F)c(F)c1F. The van der Waals surface area contributed by atoms with Gasteiger partial charge in [0.15, 0.2) is 23.3 Å². The van der Waals surface area contributed by atoms with Crippen molar-refractivity contribution in [2.24, 2.45) is 11.5 Å². The zero-order valence-corrected chi connectivity index (χ0v) is 7.03. The highest BCUT2D eigenvalue weighted by molar-refractivity contribution is 5.24. The molecule has 14 heavy (non-hydrogen) atoms. The van der Waals surface area contributed by atoms with Crippen LogP contribution in [0.25, 0.3) is 0 Å². The molecule has 1 rings (SSSR count). The molecular formula is C8H8F4N2. The highest BCUT2D eigenvalue weighted by Crippen LogP contribution is 2.22. The molecule has 0 aromatic heterocycles. The van der Waals surface area contributed by atoms with Gasteiger partial charge < -0.3 is 11.5 Å². The van der Waals surface area contributed by atoms with Gasteiger partial charge in [0.05, 0.1) is 0 Å². The second kappa shape index (κ2) is 3.93. The third-order valence-corrected chi connectivity index (χ3v) is 1.78. The number of halogens is 4. The second-order valence-electron chi connectivity index (χ2n) is 2.73. The van der Waals surface area contributed by atoms with Gasteiger partial charge in [0.25, 0.3) is 0 Å². The molecule has 0 unspecified atom stereocenters. The van der Waals surface area contributed by atoms with Crippen LogP contribution in [0.3, 0.4) is 0 Å². The first-order valence-corrected chi connectivity index (χ1v) is 3.77.